The molecule has 0 unspecified atom stereocenters. The van der Waals surface area contributed by atoms with Gasteiger partial charge in [0.2, 0.25) is 21.1 Å². The Labute approximate surface area is 128 Å². The van der Waals surface area contributed by atoms with Crippen LogP contribution in [0.15, 0.2) is 0 Å². The van der Waals surface area contributed by atoms with E-state index in [9.17, 15) is 0 Å². The lowest BCUT2D eigenvalue weighted by molar-refractivity contribution is 0.726. The zero-order chi connectivity index (χ0) is 13.8. The fourth-order valence-electron chi connectivity index (χ4n) is 1.36. The van der Waals surface area contributed by atoms with Gasteiger partial charge in [0, 0.05) is 12.8 Å². The number of aryl methyl sites for hydroxylation is 2. The second kappa shape index (κ2) is 6.56. The van der Waals surface area contributed by atoms with Gasteiger partial charge in [0.15, 0.2) is 0 Å². The van der Waals surface area contributed by atoms with E-state index in [1.54, 1.807) is 0 Å². The average Bonchev–Trinajstić information content (AvgIpc) is 2.26. The van der Waals surface area contributed by atoms with Gasteiger partial charge in [-0.25, -0.2) is 19.9 Å². The molecule has 0 bridgehead atoms. The van der Waals surface area contributed by atoms with Crippen molar-refractivity contribution in [2.45, 2.75) is 19.3 Å². The standard InChI is InChI=1S/C9H6Cl4N6/c10-6-14-4(15-7(11)18-6)2-1-3-5-16-8(12)19-9(13)17-5/h1-3H2. The first-order valence-corrected chi connectivity index (χ1v) is 6.66. The van der Waals surface area contributed by atoms with E-state index < -0.39 is 0 Å². The van der Waals surface area contributed by atoms with Crippen LogP contribution in [-0.4, -0.2) is 29.9 Å². The summed E-state index contributed by atoms with van der Waals surface area (Å²) in [5.74, 6) is 1.02. The summed E-state index contributed by atoms with van der Waals surface area (Å²) in [6, 6.07) is 0. The molecule has 0 fully saturated rings. The largest absolute Gasteiger partial charge is 0.226 e. The molecule has 10 heteroatoms. The molecule has 0 saturated heterocycles. The van der Waals surface area contributed by atoms with Crippen LogP contribution in [0, 0.1) is 0 Å². The third-order valence-corrected chi connectivity index (χ3v) is 2.73. The maximum Gasteiger partial charge on any atom is 0.226 e. The Kier molecular flexibility index (Phi) is 5.04. The molecule has 0 aliphatic carbocycles. The van der Waals surface area contributed by atoms with Gasteiger partial charge in [-0.2, -0.15) is 9.97 Å². The lowest BCUT2D eigenvalue weighted by atomic mass is 10.2. The van der Waals surface area contributed by atoms with E-state index in [1.165, 1.54) is 0 Å². The third-order valence-electron chi connectivity index (χ3n) is 2.06. The highest BCUT2D eigenvalue weighted by atomic mass is 35.5. The Balaban J connectivity index is 1.96. The quantitative estimate of drug-likeness (QED) is 0.852. The van der Waals surface area contributed by atoms with Crippen LogP contribution in [0.5, 0.6) is 0 Å². The average molecular weight is 340 g/mol. The van der Waals surface area contributed by atoms with E-state index in [-0.39, 0.29) is 21.1 Å². The van der Waals surface area contributed by atoms with Crippen molar-refractivity contribution < 1.29 is 0 Å². The van der Waals surface area contributed by atoms with Crippen molar-refractivity contribution in [1.82, 2.24) is 29.9 Å². The van der Waals surface area contributed by atoms with Crippen LogP contribution in [0.4, 0.5) is 0 Å². The van der Waals surface area contributed by atoms with Crippen LogP contribution >= 0.6 is 46.4 Å². The molecule has 0 aromatic carbocycles. The maximum absolute atomic E-state index is 5.67. The van der Waals surface area contributed by atoms with Crippen LogP contribution in [0.3, 0.4) is 0 Å². The summed E-state index contributed by atoms with van der Waals surface area (Å²) in [6.07, 6.45) is 1.80. The lowest BCUT2D eigenvalue weighted by Gasteiger charge is -2.01. The van der Waals surface area contributed by atoms with Crippen LogP contribution in [0.1, 0.15) is 18.1 Å². The molecular formula is C9H6Cl4N6. The molecule has 100 valence electrons. The number of hydrogen-bond donors (Lipinski definition) is 0. The molecule has 0 saturated carbocycles. The van der Waals surface area contributed by atoms with Crippen molar-refractivity contribution in [3.8, 4) is 0 Å². The van der Waals surface area contributed by atoms with Gasteiger partial charge in [-0.1, -0.05) is 0 Å². The Bertz CT molecular complexity index is 501. The third kappa shape index (κ3) is 4.65. The van der Waals surface area contributed by atoms with Crippen LogP contribution in [0.2, 0.25) is 21.1 Å². The molecule has 0 aliphatic rings. The highest BCUT2D eigenvalue weighted by Crippen LogP contribution is 2.11. The number of halogens is 4. The van der Waals surface area contributed by atoms with Crippen LogP contribution in [-0.2, 0) is 12.8 Å². The lowest BCUT2D eigenvalue weighted by Crippen LogP contribution is -2.02. The summed E-state index contributed by atoms with van der Waals surface area (Å²) >= 11 is 22.7. The monoisotopic (exact) mass is 338 g/mol. The molecule has 2 aromatic heterocycles. The van der Waals surface area contributed by atoms with Crippen molar-refractivity contribution >= 4 is 46.4 Å². The minimum Gasteiger partial charge on any atom is -0.203 e. The Hall–Kier alpha value is -0.820. The molecule has 0 spiro atoms. The topological polar surface area (TPSA) is 77.3 Å². The molecule has 2 aromatic rings. The van der Waals surface area contributed by atoms with Gasteiger partial charge in [-0.05, 0) is 52.8 Å². The second-order valence-corrected chi connectivity index (χ2v) is 4.79. The molecule has 19 heavy (non-hydrogen) atoms. The zero-order valence-electron chi connectivity index (χ0n) is 9.32. The van der Waals surface area contributed by atoms with E-state index in [2.05, 4.69) is 29.9 Å². The Morgan fingerprint density at radius 2 is 0.842 bits per heavy atom. The smallest absolute Gasteiger partial charge is 0.203 e. The fraction of sp³-hybridized carbons (Fsp3) is 0.333. The van der Waals surface area contributed by atoms with Crippen molar-refractivity contribution in [2.75, 3.05) is 0 Å². The molecule has 0 amide bonds. The van der Waals surface area contributed by atoms with Crippen LogP contribution in [0.25, 0.3) is 0 Å². The normalized spacial score (nSPS) is 10.7. The predicted octanol–water partition coefficient (Wildman–Crippen LogP) is 2.85. The molecule has 2 rings (SSSR count). The highest BCUT2D eigenvalue weighted by molar-refractivity contribution is 6.31. The van der Waals surface area contributed by atoms with Gasteiger partial charge >= 0.3 is 0 Å². The van der Waals surface area contributed by atoms with Crippen molar-refractivity contribution in [3.63, 3.8) is 0 Å². The summed E-state index contributed by atoms with van der Waals surface area (Å²) in [5.41, 5.74) is 0. The molecule has 0 N–H and O–H groups in total. The van der Waals surface area contributed by atoms with Gasteiger partial charge in [-0.3, -0.25) is 0 Å². The number of rotatable bonds is 4. The first-order chi connectivity index (χ1) is 9.02. The molecule has 2 heterocycles. The van der Waals surface area contributed by atoms with E-state index >= 15 is 0 Å². The zero-order valence-corrected chi connectivity index (χ0v) is 12.3. The number of aromatic nitrogens is 6. The Morgan fingerprint density at radius 1 is 0.526 bits per heavy atom. The van der Waals surface area contributed by atoms with Crippen molar-refractivity contribution in [1.29, 1.82) is 0 Å². The predicted molar refractivity (Wildman–Crippen MR) is 71.7 cm³/mol. The molecule has 0 aliphatic heterocycles. The van der Waals surface area contributed by atoms with Gasteiger partial charge in [0.05, 0.1) is 0 Å². The van der Waals surface area contributed by atoms with E-state index in [4.69, 9.17) is 46.4 Å². The van der Waals surface area contributed by atoms with E-state index in [0.29, 0.717) is 30.9 Å². The molecule has 6 nitrogen and oxygen atoms in total. The minimum atomic E-state index is 0.0706. The van der Waals surface area contributed by atoms with Crippen LogP contribution < -0.4 is 0 Å². The Morgan fingerprint density at radius 3 is 1.16 bits per heavy atom. The van der Waals surface area contributed by atoms with Gasteiger partial charge in [-0.15, -0.1) is 0 Å². The summed E-state index contributed by atoms with van der Waals surface area (Å²) < 4.78 is 0. The summed E-state index contributed by atoms with van der Waals surface area (Å²) in [4.78, 5) is 23.1. The first kappa shape index (κ1) is 14.6. The van der Waals surface area contributed by atoms with Crippen molar-refractivity contribution in [2.24, 2.45) is 0 Å². The van der Waals surface area contributed by atoms with Crippen molar-refractivity contribution in [3.05, 3.63) is 32.8 Å². The van der Waals surface area contributed by atoms with E-state index in [0.717, 1.165) is 0 Å². The second-order valence-electron chi connectivity index (χ2n) is 3.43. The molecule has 0 radical (unpaired) electrons. The summed E-state index contributed by atoms with van der Waals surface area (Å²) in [5, 5.41) is 0.282. The first-order valence-electron chi connectivity index (χ1n) is 5.15. The maximum atomic E-state index is 5.67. The van der Waals surface area contributed by atoms with Gasteiger partial charge in [0.1, 0.15) is 11.6 Å². The van der Waals surface area contributed by atoms with Gasteiger partial charge in [0.25, 0.3) is 0 Å². The molecule has 0 atom stereocenters. The highest BCUT2D eigenvalue weighted by Gasteiger charge is 2.06. The summed E-state index contributed by atoms with van der Waals surface area (Å²) in [6.45, 7) is 0. The molecular weight excluding hydrogens is 334 g/mol. The summed E-state index contributed by atoms with van der Waals surface area (Å²) in [7, 11) is 0. The minimum absolute atomic E-state index is 0.0706. The number of hydrogen-bond acceptors (Lipinski definition) is 6. The SMILES string of the molecule is Clc1nc(Cl)nc(CCCc2nc(Cl)nc(Cl)n2)n1. The van der Waals surface area contributed by atoms with E-state index in [1.807, 2.05) is 0 Å². The van der Waals surface area contributed by atoms with Gasteiger partial charge < -0.3 is 0 Å². The number of nitrogens with zero attached hydrogens (tertiary/aromatic N) is 6. The fourth-order valence-corrected chi connectivity index (χ4v) is 2.15.